The Morgan fingerprint density at radius 2 is 1.81 bits per heavy atom. The van der Waals surface area contributed by atoms with Gasteiger partial charge in [-0.05, 0) is 51.1 Å². The van der Waals surface area contributed by atoms with Crippen molar-refractivity contribution in [2.45, 2.75) is 20.8 Å². The maximum atomic E-state index is 6.37. The van der Waals surface area contributed by atoms with Gasteiger partial charge in [-0.1, -0.05) is 23.8 Å². The smallest absolute Gasteiger partial charge is 0.155 e. The lowest BCUT2D eigenvalue weighted by molar-refractivity contribution is 0.613. The molecule has 3 aromatic rings. The summed E-state index contributed by atoms with van der Waals surface area (Å²) in [7, 11) is 0. The molecule has 2 aliphatic rings. The molecule has 2 aromatic carbocycles. The lowest BCUT2D eigenvalue weighted by Gasteiger charge is -2.21. The molecule has 0 N–H and O–H groups in total. The van der Waals surface area contributed by atoms with Crippen LogP contribution in [0.25, 0.3) is 33.3 Å². The first-order valence-electron chi connectivity index (χ1n) is 10.6. The summed E-state index contributed by atoms with van der Waals surface area (Å²) in [5.41, 5.74) is 4.77. The first-order chi connectivity index (χ1) is 15.2. The Kier molecular flexibility index (Phi) is 4.86. The van der Waals surface area contributed by atoms with Gasteiger partial charge >= 0.3 is 0 Å². The van der Waals surface area contributed by atoms with E-state index in [-0.39, 0.29) is 0 Å². The fraction of sp³-hybridized carbons (Fsp3) is 0.192. The van der Waals surface area contributed by atoms with Gasteiger partial charge in [-0.25, -0.2) is 15.0 Å². The normalized spacial score (nSPS) is 12.2. The van der Waals surface area contributed by atoms with Gasteiger partial charge in [0, 0.05) is 47.9 Å². The van der Waals surface area contributed by atoms with E-state index in [1.165, 1.54) is 5.56 Å². The van der Waals surface area contributed by atoms with Crippen molar-refractivity contribution in [1.29, 1.82) is 0 Å². The highest BCUT2D eigenvalue weighted by molar-refractivity contribution is 5.97. The Labute approximate surface area is 181 Å². The molecule has 0 radical (unpaired) electrons. The van der Waals surface area contributed by atoms with Crippen LogP contribution in [0.3, 0.4) is 0 Å². The van der Waals surface area contributed by atoms with Crippen LogP contribution in [-0.2, 0) is 0 Å². The predicted molar refractivity (Wildman–Crippen MR) is 126 cm³/mol. The van der Waals surface area contributed by atoms with Crippen molar-refractivity contribution in [3.63, 3.8) is 0 Å². The third-order valence-corrected chi connectivity index (χ3v) is 5.62. The van der Waals surface area contributed by atoms with Crippen molar-refractivity contribution in [3.05, 3.63) is 77.8 Å². The summed E-state index contributed by atoms with van der Waals surface area (Å²) in [5, 5.41) is 2.89. The third-order valence-electron chi connectivity index (χ3n) is 5.62. The van der Waals surface area contributed by atoms with E-state index in [1.54, 1.807) is 6.20 Å². The molecule has 0 spiro atoms. The van der Waals surface area contributed by atoms with E-state index in [2.05, 4.69) is 61.0 Å². The Balaban J connectivity index is 1.82. The SMILES string of the molecule is CCN(CC)c1ccc2nc3c4ccc(C)cc4c(=Nc4ccccn4)cc-3oc2c1. The topological polar surface area (TPSA) is 54.5 Å². The third kappa shape index (κ3) is 3.52. The monoisotopic (exact) mass is 408 g/mol. The number of benzene rings is 3. The summed E-state index contributed by atoms with van der Waals surface area (Å²) in [6, 6.07) is 20.3. The van der Waals surface area contributed by atoms with E-state index >= 15 is 0 Å². The molecule has 31 heavy (non-hydrogen) atoms. The van der Waals surface area contributed by atoms with Gasteiger partial charge in [0.2, 0.25) is 0 Å². The number of aromatic nitrogens is 2. The van der Waals surface area contributed by atoms with E-state index in [4.69, 9.17) is 14.4 Å². The summed E-state index contributed by atoms with van der Waals surface area (Å²) in [5.74, 6) is 1.39. The van der Waals surface area contributed by atoms with Crippen molar-refractivity contribution in [3.8, 4) is 11.5 Å². The summed E-state index contributed by atoms with van der Waals surface area (Å²) in [6.45, 7) is 8.29. The largest absolute Gasteiger partial charge is 0.453 e. The molecule has 1 aliphatic carbocycles. The van der Waals surface area contributed by atoms with Crippen LogP contribution >= 0.6 is 0 Å². The molecule has 5 rings (SSSR count). The molecule has 0 bridgehead atoms. The van der Waals surface area contributed by atoms with Gasteiger partial charge in [0.05, 0.1) is 5.36 Å². The van der Waals surface area contributed by atoms with E-state index in [0.29, 0.717) is 5.82 Å². The van der Waals surface area contributed by atoms with E-state index in [9.17, 15) is 0 Å². The van der Waals surface area contributed by atoms with Crippen LogP contribution in [0.5, 0.6) is 0 Å². The summed E-state index contributed by atoms with van der Waals surface area (Å²) < 4.78 is 6.37. The fourth-order valence-electron chi connectivity index (χ4n) is 4.01. The van der Waals surface area contributed by atoms with Gasteiger partial charge in [0.25, 0.3) is 0 Å². The second kappa shape index (κ2) is 7.84. The van der Waals surface area contributed by atoms with Crippen LogP contribution in [0, 0.1) is 6.92 Å². The summed E-state index contributed by atoms with van der Waals surface area (Å²) >= 11 is 0. The maximum Gasteiger partial charge on any atom is 0.155 e. The number of anilines is 1. The molecule has 0 saturated carbocycles. The number of hydrogen-bond donors (Lipinski definition) is 0. The first kappa shape index (κ1) is 19.2. The van der Waals surface area contributed by atoms with Crippen LogP contribution in [0.1, 0.15) is 19.4 Å². The molecule has 1 aliphatic heterocycles. The van der Waals surface area contributed by atoms with Gasteiger partial charge in [-0.2, -0.15) is 0 Å². The summed E-state index contributed by atoms with van der Waals surface area (Å²) in [4.78, 5) is 16.4. The molecular weight excluding hydrogens is 384 g/mol. The zero-order chi connectivity index (χ0) is 21.4. The quantitative estimate of drug-likeness (QED) is 0.276. The molecule has 5 heteroatoms. The molecule has 0 amide bonds. The van der Waals surface area contributed by atoms with Crippen molar-refractivity contribution in [2.75, 3.05) is 18.0 Å². The zero-order valence-corrected chi connectivity index (χ0v) is 18.0. The zero-order valence-electron chi connectivity index (χ0n) is 18.0. The minimum Gasteiger partial charge on any atom is -0.453 e. The standard InChI is InChI=1S/C26H24N4O/c1-4-30(5-2)18-10-12-21-23(15-18)31-24-16-22(28-25-8-6-7-13-27-25)20-14-17(3)9-11-19(20)26(24)29-21/h6-16H,4-5H2,1-3H3. The molecule has 2 heterocycles. The molecule has 154 valence electrons. The van der Waals surface area contributed by atoms with Crippen LogP contribution in [0.15, 0.2) is 76.3 Å². The second-order valence-corrected chi connectivity index (χ2v) is 7.63. The Morgan fingerprint density at radius 3 is 2.58 bits per heavy atom. The Bertz CT molecular complexity index is 1420. The highest BCUT2D eigenvalue weighted by Crippen LogP contribution is 2.32. The molecule has 0 saturated heterocycles. The van der Waals surface area contributed by atoms with Gasteiger partial charge in [0.15, 0.2) is 17.2 Å². The Hall–Kier alpha value is -3.73. The van der Waals surface area contributed by atoms with Gasteiger partial charge in [-0.3, -0.25) is 0 Å². The van der Waals surface area contributed by atoms with Crippen LogP contribution in [-0.4, -0.2) is 23.1 Å². The highest BCUT2D eigenvalue weighted by atomic mass is 16.3. The average molecular weight is 409 g/mol. The molecule has 0 atom stereocenters. The van der Waals surface area contributed by atoms with Crippen molar-refractivity contribution < 1.29 is 4.42 Å². The molecule has 5 nitrogen and oxygen atoms in total. The van der Waals surface area contributed by atoms with Crippen LogP contribution < -0.4 is 10.3 Å². The van der Waals surface area contributed by atoms with E-state index in [0.717, 1.165) is 57.5 Å². The minimum absolute atomic E-state index is 0.669. The molecule has 0 fully saturated rings. The number of nitrogens with zero attached hydrogens (tertiary/aromatic N) is 4. The highest BCUT2D eigenvalue weighted by Gasteiger charge is 2.16. The van der Waals surface area contributed by atoms with Crippen molar-refractivity contribution in [2.24, 2.45) is 4.99 Å². The number of rotatable bonds is 4. The van der Waals surface area contributed by atoms with Gasteiger partial charge in [-0.15, -0.1) is 0 Å². The van der Waals surface area contributed by atoms with Crippen molar-refractivity contribution >= 4 is 33.4 Å². The Morgan fingerprint density at radius 1 is 0.935 bits per heavy atom. The summed E-state index contributed by atoms with van der Waals surface area (Å²) in [6.07, 6.45) is 1.75. The van der Waals surface area contributed by atoms with Crippen LogP contribution in [0.2, 0.25) is 0 Å². The van der Waals surface area contributed by atoms with Gasteiger partial charge < -0.3 is 9.32 Å². The first-order valence-corrected chi connectivity index (χ1v) is 10.6. The number of fused-ring (bicyclic) bond motifs is 4. The maximum absolute atomic E-state index is 6.37. The minimum atomic E-state index is 0.669. The average Bonchev–Trinajstić information content (AvgIpc) is 2.79. The predicted octanol–water partition coefficient (Wildman–Crippen LogP) is 5.87. The number of pyridine rings is 1. The molecule has 1 aromatic heterocycles. The number of hydrogen-bond acceptors (Lipinski definition) is 5. The fourth-order valence-corrected chi connectivity index (χ4v) is 4.01. The second-order valence-electron chi connectivity index (χ2n) is 7.63. The van der Waals surface area contributed by atoms with E-state index < -0.39 is 0 Å². The number of aryl methyl sites for hydroxylation is 1. The molecular formula is C26H24N4O. The van der Waals surface area contributed by atoms with Crippen molar-refractivity contribution in [1.82, 2.24) is 9.97 Å². The van der Waals surface area contributed by atoms with Gasteiger partial charge in [0.1, 0.15) is 11.2 Å². The lowest BCUT2D eigenvalue weighted by Crippen LogP contribution is -2.21. The van der Waals surface area contributed by atoms with E-state index in [1.807, 2.05) is 30.3 Å². The lowest BCUT2D eigenvalue weighted by atomic mass is 10.0. The molecule has 0 unspecified atom stereocenters. The van der Waals surface area contributed by atoms with Crippen LogP contribution in [0.4, 0.5) is 11.5 Å².